The minimum Gasteiger partial charge on any atom is -0.492 e. The highest BCUT2D eigenvalue weighted by atomic mass is 16.5. The molecule has 126 valence electrons. The molecule has 1 aliphatic heterocycles. The van der Waals surface area contributed by atoms with Gasteiger partial charge in [0.15, 0.2) is 5.69 Å². The molecule has 1 aromatic carbocycles. The van der Waals surface area contributed by atoms with Crippen LogP contribution in [0.3, 0.4) is 0 Å². The van der Waals surface area contributed by atoms with E-state index in [9.17, 15) is 4.79 Å². The predicted molar refractivity (Wildman–Crippen MR) is 87.8 cm³/mol. The summed E-state index contributed by atoms with van der Waals surface area (Å²) in [6, 6.07) is 5.49. The topological polar surface area (TPSA) is 73.6 Å². The molecule has 0 radical (unpaired) electrons. The van der Waals surface area contributed by atoms with Gasteiger partial charge in [0, 0.05) is 30.0 Å². The summed E-state index contributed by atoms with van der Waals surface area (Å²) in [5, 5.41) is 6.74. The summed E-state index contributed by atoms with van der Waals surface area (Å²) >= 11 is 0. The molecule has 1 saturated carbocycles. The molecular formula is C18H20N2O4. The lowest BCUT2D eigenvalue weighted by Gasteiger charge is -2.12. The lowest BCUT2D eigenvalue weighted by molar-refractivity contribution is 0.101. The van der Waals surface area contributed by atoms with Crippen molar-refractivity contribution in [3.63, 3.8) is 0 Å². The van der Waals surface area contributed by atoms with Gasteiger partial charge in [0.2, 0.25) is 0 Å². The van der Waals surface area contributed by atoms with Crippen LogP contribution in [0, 0.1) is 0 Å². The molecule has 0 saturated heterocycles. The van der Waals surface area contributed by atoms with Crippen molar-refractivity contribution < 1.29 is 18.8 Å². The first-order valence-electron chi connectivity index (χ1n) is 8.38. The number of amides is 1. The number of aromatic nitrogens is 1. The van der Waals surface area contributed by atoms with Crippen molar-refractivity contribution >= 4 is 11.6 Å². The fourth-order valence-electron chi connectivity index (χ4n) is 2.95. The van der Waals surface area contributed by atoms with E-state index in [0.717, 1.165) is 36.3 Å². The summed E-state index contributed by atoms with van der Waals surface area (Å²) in [6.07, 6.45) is 3.19. The van der Waals surface area contributed by atoms with E-state index >= 15 is 0 Å². The number of rotatable bonds is 5. The van der Waals surface area contributed by atoms with E-state index in [2.05, 4.69) is 10.5 Å². The molecule has 0 spiro atoms. The highest BCUT2D eigenvalue weighted by Crippen LogP contribution is 2.41. The van der Waals surface area contributed by atoms with Gasteiger partial charge in [-0.15, -0.1) is 0 Å². The molecule has 24 heavy (non-hydrogen) atoms. The van der Waals surface area contributed by atoms with Gasteiger partial charge in [0.05, 0.1) is 12.3 Å². The van der Waals surface area contributed by atoms with Gasteiger partial charge >= 0.3 is 0 Å². The van der Waals surface area contributed by atoms with Gasteiger partial charge in [-0.1, -0.05) is 5.16 Å². The van der Waals surface area contributed by atoms with Crippen molar-refractivity contribution in [1.82, 2.24) is 5.16 Å². The Morgan fingerprint density at radius 3 is 2.96 bits per heavy atom. The van der Waals surface area contributed by atoms with Gasteiger partial charge in [-0.2, -0.15) is 0 Å². The van der Waals surface area contributed by atoms with Crippen LogP contribution in [-0.4, -0.2) is 23.8 Å². The van der Waals surface area contributed by atoms with E-state index in [1.807, 2.05) is 26.0 Å². The second kappa shape index (κ2) is 5.85. The number of hydrogen-bond donors (Lipinski definition) is 1. The maximum Gasteiger partial charge on any atom is 0.277 e. The molecule has 0 unspecified atom stereocenters. The SMILES string of the molecule is CCOc1cc2c(cc1NC(=O)c1cc(C3CC3)on1)O[C@H](C)C2. The summed E-state index contributed by atoms with van der Waals surface area (Å²) in [6.45, 7) is 4.46. The molecule has 0 bridgehead atoms. The zero-order valence-electron chi connectivity index (χ0n) is 13.8. The van der Waals surface area contributed by atoms with Crippen LogP contribution in [0.15, 0.2) is 22.7 Å². The summed E-state index contributed by atoms with van der Waals surface area (Å²) < 4.78 is 16.7. The van der Waals surface area contributed by atoms with E-state index in [4.69, 9.17) is 14.0 Å². The number of fused-ring (bicyclic) bond motifs is 1. The first-order valence-corrected chi connectivity index (χ1v) is 8.38. The average molecular weight is 328 g/mol. The van der Waals surface area contributed by atoms with E-state index in [-0.39, 0.29) is 17.7 Å². The van der Waals surface area contributed by atoms with E-state index in [1.54, 1.807) is 6.07 Å². The van der Waals surface area contributed by atoms with Gasteiger partial charge in [0.25, 0.3) is 5.91 Å². The third-order valence-electron chi connectivity index (χ3n) is 4.29. The molecular weight excluding hydrogens is 308 g/mol. The van der Waals surface area contributed by atoms with Crippen LogP contribution >= 0.6 is 0 Å². The number of benzene rings is 1. The Balaban J connectivity index is 1.58. The highest BCUT2D eigenvalue weighted by molar-refractivity contribution is 6.03. The minimum absolute atomic E-state index is 0.136. The van der Waals surface area contributed by atoms with Crippen molar-refractivity contribution in [1.29, 1.82) is 0 Å². The largest absolute Gasteiger partial charge is 0.492 e. The molecule has 1 amide bonds. The Morgan fingerprint density at radius 2 is 2.21 bits per heavy atom. The fraction of sp³-hybridized carbons (Fsp3) is 0.444. The van der Waals surface area contributed by atoms with Crippen molar-refractivity contribution in [2.75, 3.05) is 11.9 Å². The van der Waals surface area contributed by atoms with Crippen LogP contribution in [0.2, 0.25) is 0 Å². The van der Waals surface area contributed by atoms with Gasteiger partial charge in [-0.05, 0) is 32.8 Å². The van der Waals surface area contributed by atoms with Gasteiger partial charge < -0.3 is 19.3 Å². The number of nitrogens with one attached hydrogen (secondary N) is 1. The Bertz CT molecular complexity index is 779. The molecule has 1 fully saturated rings. The minimum atomic E-state index is -0.308. The highest BCUT2D eigenvalue weighted by Gasteiger charge is 2.29. The second-order valence-corrected chi connectivity index (χ2v) is 6.36. The van der Waals surface area contributed by atoms with Crippen LogP contribution in [0.4, 0.5) is 5.69 Å². The van der Waals surface area contributed by atoms with Crippen molar-refractivity contribution in [2.24, 2.45) is 0 Å². The maximum atomic E-state index is 12.5. The van der Waals surface area contributed by atoms with E-state index in [0.29, 0.717) is 24.0 Å². The lowest BCUT2D eigenvalue weighted by Crippen LogP contribution is -2.13. The van der Waals surface area contributed by atoms with Crippen molar-refractivity contribution in [3.05, 3.63) is 35.2 Å². The van der Waals surface area contributed by atoms with Crippen molar-refractivity contribution in [3.8, 4) is 11.5 Å². The molecule has 1 aliphatic carbocycles. The van der Waals surface area contributed by atoms with Crippen LogP contribution in [0.5, 0.6) is 11.5 Å². The summed E-state index contributed by atoms with van der Waals surface area (Å²) in [5.41, 5.74) is 1.97. The Kier molecular flexibility index (Phi) is 3.67. The Morgan fingerprint density at radius 1 is 1.38 bits per heavy atom. The summed E-state index contributed by atoms with van der Waals surface area (Å²) in [7, 11) is 0. The van der Waals surface area contributed by atoms with E-state index in [1.165, 1.54) is 0 Å². The summed E-state index contributed by atoms with van der Waals surface area (Å²) in [5.74, 6) is 2.34. The molecule has 6 heteroatoms. The van der Waals surface area contributed by atoms with Crippen molar-refractivity contribution in [2.45, 2.75) is 45.1 Å². The number of ether oxygens (including phenoxy) is 2. The standard InChI is InChI=1S/C18H20N2O4/c1-3-22-17-7-12-6-10(2)23-15(12)8-13(17)19-18(21)14-9-16(24-20-14)11-4-5-11/h7-11H,3-6H2,1-2H3,(H,19,21)/t10-/m1/s1. The number of anilines is 1. The quantitative estimate of drug-likeness (QED) is 0.909. The molecule has 1 atom stereocenters. The third-order valence-corrected chi connectivity index (χ3v) is 4.29. The fourth-order valence-corrected chi connectivity index (χ4v) is 2.95. The second-order valence-electron chi connectivity index (χ2n) is 6.36. The first kappa shape index (κ1) is 15.1. The summed E-state index contributed by atoms with van der Waals surface area (Å²) in [4.78, 5) is 12.5. The van der Waals surface area contributed by atoms with Gasteiger partial charge in [0.1, 0.15) is 23.4 Å². The monoisotopic (exact) mass is 328 g/mol. The number of carbonyl (C=O) groups excluding carboxylic acids is 1. The zero-order valence-corrected chi connectivity index (χ0v) is 13.8. The smallest absolute Gasteiger partial charge is 0.277 e. The first-order chi connectivity index (χ1) is 11.6. The predicted octanol–water partition coefficient (Wildman–Crippen LogP) is 3.53. The number of carbonyl (C=O) groups is 1. The molecule has 2 aromatic rings. The Labute approximate surface area is 140 Å². The van der Waals surface area contributed by atoms with Gasteiger partial charge in [-0.25, -0.2) is 0 Å². The molecule has 1 N–H and O–H groups in total. The zero-order chi connectivity index (χ0) is 16.7. The maximum absolute atomic E-state index is 12.5. The van der Waals surface area contributed by atoms with Gasteiger partial charge in [-0.3, -0.25) is 4.79 Å². The Hall–Kier alpha value is -2.50. The molecule has 2 aliphatic rings. The molecule has 4 rings (SSSR count). The number of nitrogens with zero attached hydrogens (tertiary/aromatic N) is 1. The lowest BCUT2D eigenvalue weighted by atomic mass is 10.1. The van der Waals surface area contributed by atoms with Crippen LogP contribution in [0.1, 0.15) is 54.4 Å². The third kappa shape index (κ3) is 2.84. The molecule has 6 nitrogen and oxygen atoms in total. The normalized spacial score (nSPS) is 18.8. The van der Waals surface area contributed by atoms with E-state index < -0.39 is 0 Å². The van der Waals surface area contributed by atoms with Crippen LogP contribution < -0.4 is 14.8 Å². The average Bonchev–Trinajstić information content (AvgIpc) is 3.16. The number of hydrogen-bond acceptors (Lipinski definition) is 5. The molecule has 1 aromatic heterocycles. The van der Waals surface area contributed by atoms with Crippen LogP contribution in [0.25, 0.3) is 0 Å². The van der Waals surface area contributed by atoms with Crippen LogP contribution in [-0.2, 0) is 6.42 Å². The molecule has 2 heterocycles.